The van der Waals surface area contributed by atoms with Crippen molar-refractivity contribution in [3.63, 3.8) is 0 Å². The molecule has 0 aliphatic heterocycles. The third kappa shape index (κ3) is 2.84. The summed E-state index contributed by atoms with van der Waals surface area (Å²) in [6, 6.07) is 4.14. The van der Waals surface area contributed by atoms with Gasteiger partial charge in [-0.3, -0.25) is 4.79 Å². The summed E-state index contributed by atoms with van der Waals surface area (Å²) in [5.41, 5.74) is -0.715. The number of thiophene rings is 1. The molecule has 2 atom stereocenters. The molecule has 0 bridgehead atoms. The molecule has 1 heterocycles. The van der Waals surface area contributed by atoms with Gasteiger partial charge in [-0.25, -0.2) is 0 Å². The highest BCUT2D eigenvalue weighted by Gasteiger charge is 2.41. The van der Waals surface area contributed by atoms with Crippen molar-refractivity contribution in [3.05, 3.63) is 17.5 Å². The van der Waals surface area contributed by atoms with Crippen molar-refractivity contribution in [2.24, 2.45) is 0 Å². The maximum absolute atomic E-state index is 11.4. The lowest BCUT2D eigenvalue weighted by atomic mass is 9.81. The van der Waals surface area contributed by atoms with Crippen molar-refractivity contribution in [1.82, 2.24) is 5.32 Å². The van der Waals surface area contributed by atoms with Gasteiger partial charge in [-0.2, -0.15) is 0 Å². The number of carboxylic acids is 1. The summed E-state index contributed by atoms with van der Waals surface area (Å²) in [4.78, 5) is 11.4. The van der Waals surface area contributed by atoms with Gasteiger partial charge in [0.25, 0.3) is 0 Å². The largest absolute Gasteiger partial charge is 0.480 e. The molecule has 1 aliphatic carbocycles. The van der Waals surface area contributed by atoms with Crippen molar-refractivity contribution in [3.8, 4) is 0 Å². The zero-order valence-corrected chi connectivity index (χ0v) is 11.4. The molecule has 3 nitrogen and oxygen atoms in total. The first kappa shape index (κ1) is 12.9. The molecular formula is C12H17NO2S2. The Balaban J connectivity index is 2.03. The van der Waals surface area contributed by atoms with Crippen LogP contribution in [0.25, 0.3) is 0 Å². The lowest BCUT2D eigenvalue weighted by Crippen LogP contribution is -2.53. The van der Waals surface area contributed by atoms with Crippen LogP contribution in [0.15, 0.2) is 21.7 Å². The number of hydrogen-bond donors (Lipinski definition) is 2. The Kier molecular flexibility index (Phi) is 4.12. The number of carboxylic acid groups (broad SMARTS) is 1. The van der Waals surface area contributed by atoms with E-state index in [1.165, 1.54) is 4.21 Å². The van der Waals surface area contributed by atoms with E-state index in [1.807, 2.05) is 17.8 Å². The van der Waals surface area contributed by atoms with Gasteiger partial charge in [-0.05, 0) is 44.2 Å². The summed E-state index contributed by atoms with van der Waals surface area (Å²) < 4.78 is 1.28. The van der Waals surface area contributed by atoms with E-state index in [1.54, 1.807) is 18.4 Å². The van der Waals surface area contributed by atoms with Crippen molar-refractivity contribution in [2.75, 3.05) is 7.05 Å². The van der Waals surface area contributed by atoms with Crippen molar-refractivity contribution in [1.29, 1.82) is 0 Å². The first-order chi connectivity index (χ1) is 8.16. The molecule has 5 heteroatoms. The zero-order valence-electron chi connectivity index (χ0n) is 9.81. The monoisotopic (exact) mass is 271 g/mol. The van der Waals surface area contributed by atoms with Gasteiger partial charge in [-0.15, -0.1) is 23.1 Å². The van der Waals surface area contributed by atoms with Gasteiger partial charge in [0.1, 0.15) is 5.54 Å². The number of likely N-dealkylation sites (N-methyl/N-ethyl adjacent to an activating group) is 1. The normalized spacial score (nSPS) is 29.1. The van der Waals surface area contributed by atoms with Gasteiger partial charge in [0.15, 0.2) is 0 Å². The Morgan fingerprint density at radius 3 is 3.12 bits per heavy atom. The molecule has 0 spiro atoms. The standard InChI is InChI=1S/C12H17NO2S2/c1-13-12(11(14)15)6-2-4-9(8-12)17-10-5-3-7-16-10/h3,5,7,9,13H,2,4,6,8H2,1H3,(H,14,15). The molecule has 1 fully saturated rings. The summed E-state index contributed by atoms with van der Waals surface area (Å²) in [5, 5.41) is 14.9. The van der Waals surface area contributed by atoms with Crippen LogP contribution in [0.4, 0.5) is 0 Å². The van der Waals surface area contributed by atoms with E-state index >= 15 is 0 Å². The van der Waals surface area contributed by atoms with Crippen LogP contribution < -0.4 is 5.32 Å². The van der Waals surface area contributed by atoms with Gasteiger partial charge in [0, 0.05) is 5.25 Å². The molecule has 94 valence electrons. The third-order valence-corrected chi connectivity index (χ3v) is 5.71. The van der Waals surface area contributed by atoms with E-state index in [-0.39, 0.29) is 0 Å². The molecular weight excluding hydrogens is 254 g/mol. The fraction of sp³-hybridized carbons (Fsp3) is 0.583. The summed E-state index contributed by atoms with van der Waals surface area (Å²) in [6.45, 7) is 0. The van der Waals surface area contributed by atoms with E-state index in [2.05, 4.69) is 16.8 Å². The lowest BCUT2D eigenvalue weighted by molar-refractivity contribution is -0.146. The highest BCUT2D eigenvalue weighted by atomic mass is 32.2. The van der Waals surface area contributed by atoms with Crippen LogP contribution in [0, 0.1) is 0 Å². The van der Waals surface area contributed by atoms with Gasteiger partial charge in [0.2, 0.25) is 0 Å². The highest BCUT2D eigenvalue weighted by Crippen LogP contribution is 2.39. The second-order valence-electron chi connectivity index (χ2n) is 4.41. The van der Waals surface area contributed by atoms with Gasteiger partial charge < -0.3 is 10.4 Å². The molecule has 1 saturated carbocycles. The maximum Gasteiger partial charge on any atom is 0.323 e. The molecule has 0 radical (unpaired) electrons. The highest BCUT2D eigenvalue weighted by molar-refractivity contribution is 8.01. The predicted octanol–water partition coefficient (Wildman–Crippen LogP) is 2.83. The van der Waals surface area contributed by atoms with E-state index in [4.69, 9.17) is 0 Å². The van der Waals surface area contributed by atoms with E-state index < -0.39 is 11.5 Å². The first-order valence-corrected chi connectivity index (χ1v) is 7.55. The van der Waals surface area contributed by atoms with E-state index in [9.17, 15) is 9.90 Å². The van der Waals surface area contributed by atoms with Crippen LogP contribution >= 0.6 is 23.1 Å². The van der Waals surface area contributed by atoms with Crippen LogP contribution in [0.5, 0.6) is 0 Å². The molecule has 1 aromatic heterocycles. The fourth-order valence-electron chi connectivity index (χ4n) is 2.35. The molecule has 2 rings (SSSR count). The fourth-order valence-corrected chi connectivity index (χ4v) is 4.73. The van der Waals surface area contributed by atoms with Gasteiger partial charge in [0.05, 0.1) is 4.21 Å². The predicted molar refractivity (Wildman–Crippen MR) is 71.9 cm³/mol. The van der Waals surface area contributed by atoms with Crippen molar-refractivity contribution in [2.45, 2.75) is 40.7 Å². The minimum absolute atomic E-state index is 0.408. The molecule has 2 unspecified atom stereocenters. The van der Waals surface area contributed by atoms with Crippen LogP contribution in [-0.2, 0) is 4.79 Å². The average Bonchev–Trinajstić information content (AvgIpc) is 2.82. The summed E-state index contributed by atoms with van der Waals surface area (Å²) >= 11 is 3.55. The molecule has 0 aromatic carbocycles. The van der Waals surface area contributed by atoms with Crippen LogP contribution in [0.3, 0.4) is 0 Å². The Bertz CT molecular complexity index is 380. The van der Waals surface area contributed by atoms with Gasteiger partial charge >= 0.3 is 5.97 Å². The van der Waals surface area contributed by atoms with Crippen molar-refractivity contribution < 1.29 is 9.90 Å². The SMILES string of the molecule is CNC1(C(=O)O)CCCC(Sc2cccs2)C1. The molecule has 2 N–H and O–H groups in total. The zero-order chi connectivity index (χ0) is 12.3. The topological polar surface area (TPSA) is 49.3 Å². The summed E-state index contributed by atoms with van der Waals surface area (Å²) in [5.74, 6) is -0.712. The number of hydrogen-bond acceptors (Lipinski definition) is 4. The maximum atomic E-state index is 11.4. The van der Waals surface area contributed by atoms with Crippen LogP contribution in [0.2, 0.25) is 0 Å². The van der Waals surface area contributed by atoms with E-state index in [0.29, 0.717) is 11.7 Å². The second kappa shape index (κ2) is 5.42. The Labute approximate surface area is 110 Å². The number of nitrogens with one attached hydrogen (secondary N) is 1. The molecule has 17 heavy (non-hydrogen) atoms. The smallest absolute Gasteiger partial charge is 0.323 e. The van der Waals surface area contributed by atoms with Gasteiger partial charge in [-0.1, -0.05) is 6.07 Å². The van der Waals surface area contributed by atoms with Crippen molar-refractivity contribution >= 4 is 29.1 Å². The third-order valence-electron chi connectivity index (χ3n) is 3.37. The number of aliphatic carboxylic acids is 1. The van der Waals surface area contributed by atoms with Crippen LogP contribution in [-0.4, -0.2) is 28.9 Å². The average molecular weight is 271 g/mol. The number of thioether (sulfide) groups is 1. The Morgan fingerprint density at radius 1 is 1.71 bits per heavy atom. The molecule has 0 amide bonds. The Hall–Kier alpha value is -0.520. The minimum atomic E-state index is -0.715. The number of rotatable bonds is 4. The quantitative estimate of drug-likeness (QED) is 0.884. The lowest BCUT2D eigenvalue weighted by Gasteiger charge is -2.36. The molecule has 0 saturated heterocycles. The second-order valence-corrected chi connectivity index (χ2v) is 6.95. The summed E-state index contributed by atoms with van der Waals surface area (Å²) in [6.07, 6.45) is 3.54. The number of carbonyl (C=O) groups is 1. The summed E-state index contributed by atoms with van der Waals surface area (Å²) in [7, 11) is 1.76. The molecule has 1 aliphatic rings. The first-order valence-electron chi connectivity index (χ1n) is 5.79. The van der Waals surface area contributed by atoms with E-state index in [0.717, 1.165) is 19.3 Å². The Morgan fingerprint density at radius 2 is 2.53 bits per heavy atom. The molecule has 1 aromatic rings. The van der Waals surface area contributed by atoms with Crippen LogP contribution in [0.1, 0.15) is 25.7 Å². The minimum Gasteiger partial charge on any atom is -0.480 e.